The average Bonchev–Trinajstić information content (AvgIpc) is 2.72. The Morgan fingerprint density at radius 1 is 0.900 bits per heavy atom. The van der Waals surface area contributed by atoms with E-state index in [1.807, 2.05) is 30.5 Å². The van der Waals surface area contributed by atoms with Crippen molar-refractivity contribution >= 4 is 17.7 Å². The molecule has 3 aromatic carbocycles. The summed E-state index contributed by atoms with van der Waals surface area (Å²) >= 11 is 0. The van der Waals surface area contributed by atoms with Crippen molar-refractivity contribution in [3.05, 3.63) is 88.5 Å². The first-order chi connectivity index (χ1) is 14.3. The number of carbonyl (C=O) groups is 1. The summed E-state index contributed by atoms with van der Waals surface area (Å²) in [5.74, 6) is 0.960. The zero-order valence-corrected chi connectivity index (χ0v) is 18.9. The van der Waals surface area contributed by atoms with Gasteiger partial charge in [0.2, 0.25) is 0 Å². The molecule has 0 aliphatic carbocycles. The number of nitrogens with zero attached hydrogens (tertiary/aromatic N) is 1. The third-order valence-electron chi connectivity index (χ3n) is 5.60. The molecule has 0 radical (unpaired) electrons. The first kappa shape index (κ1) is 21.7. The van der Waals surface area contributed by atoms with Crippen molar-refractivity contribution in [1.82, 2.24) is 0 Å². The molecule has 0 spiro atoms. The largest absolute Gasteiger partial charge is 0.295 e. The van der Waals surface area contributed by atoms with Gasteiger partial charge in [-0.3, -0.25) is 9.79 Å². The molecule has 0 aliphatic rings. The van der Waals surface area contributed by atoms with Crippen molar-refractivity contribution in [2.75, 3.05) is 0 Å². The Kier molecular flexibility index (Phi) is 6.66. The quantitative estimate of drug-likeness (QED) is 0.307. The molecule has 0 heterocycles. The molecule has 0 N–H and O–H groups in total. The van der Waals surface area contributed by atoms with Crippen LogP contribution in [-0.2, 0) is 0 Å². The van der Waals surface area contributed by atoms with Crippen LogP contribution in [0.25, 0.3) is 11.1 Å². The van der Waals surface area contributed by atoms with E-state index in [0.717, 1.165) is 27.9 Å². The number of ketones is 1. The number of carbonyl (C=O) groups excluding carboxylic acids is 1. The van der Waals surface area contributed by atoms with Crippen LogP contribution in [0.3, 0.4) is 0 Å². The topological polar surface area (TPSA) is 29.4 Å². The van der Waals surface area contributed by atoms with Gasteiger partial charge in [-0.25, -0.2) is 0 Å². The molecule has 3 rings (SSSR count). The van der Waals surface area contributed by atoms with Crippen LogP contribution < -0.4 is 0 Å². The normalized spacial score (nSPS) is 11.6. The van der Waals surface area contributed by atoms with Gasteiger partial charge in [-0.05, 0) is 59.6 Å². The van der Waals surface area contributed by atoms with Crippen LogP contribution in [0.15, 0.2) is 65.7 Å². The zero-order chi connectivity index (χ0) is 21.8. The summed E-state index contributed by atoms with van der Waals surface area (Å²) in [4.78, 5) is 16.6. The molecule has 0 saturated carbocycles. The average molecular weight is 398 g/mol. The minimum atomic E-state index is 0.0822. The molecule has 30 heavy (non-hydrogen) atoms. The Morgan fingerprint density at radius 3 is 2.20 bits per heavy atom. The van der Waals surface area contributed by atoms with Gasteiger partial charge in [0.05, 0.1) is 5.69 Å². The molecule has 0 unspecified atom stereocenters. The van der Waals surface area contributed by atoms with Gasteiger partial charge < -0.3 is 0 Å². The van der Waals surface area contributed by atoms with Crippen molar-refractivity contribution in [2.45, 2.75) is 53.4 Å². The second-order valence-electron chi connectivity index (χ2n) is 8.56. The maximum Gasteiger partial charge on any atom is 0.159 e. The molecule has 0 aromatic heterocycles. The highest BCUT2D eigenvalue weighted by Crippen LogP contribution is 2.31. The van der Waals surface area contributed by atoms with Gasteiger partial charge in [0.25, 0.3) is 0 Å². The maximum atomic E-state index is 11.6. The Bertz CT molecular complexity index is 1070. The Hall–Kier alpha value is -3.00. The van der Waals surface area contributed by atoms with Crippen molar-refractivity contribution in [2.24, 2.45) is 4.99 Å². The maximum absolute atomic E-state index is 11.6. The van der Waals surface area contributed by atoms with Gasteiger partial charge in [0.1, 0.15) is 0 Å². The van der Waals surface area contributed by atoms with Crippen molar-refractivity contribution in [3.8, 4) is 11.1 Å². The number of benzene rings is 3. The number of Topliss-reactive ketones (excluding diaryl/α,β-unsaturated/α-hetero) is 1. The van der Waals surface area contributed by atoms with Gasteiger partial charge in [-0.2, -0.15) is 0 Å². The van der Waals surface area contributed by atoms with Crippen molar-refractivity contribution in [3.63, 3.8) is 0 Å². The minimum Gasteiger partial charge on any atom is -0.295 e. The fourth-order valence-corrected chi connectivity index (χ4v) is 3.64. The van der Waals surface area contributed by atoms with E-state index in [1.54, 1.807) is 6.92 Å². The van der Waals surface area contributed by atoms with E-state index in [9.17, 15) is 4.79 Å². The Morgan fingerprint density at radius 2 is 1.60 bits per heavy atom. The van der Waals surface area contributed by atoms with Crippen LogP contribution in [0.4, 0.5) is 5.69 Å². The number of rotatable bonds is 6. The molecule has 2 nitrogen and oxygen atoms in total. The molecule has 0 bridgehead atoms. The van der Waals surface area contributed by atoms with Gasteiger partial charge in [0.15, 0.2) is 5.78 Å². The van der Waals surface area contributed by atoms with Crippen LogP contribution in [0, 0.1) is 6.92 Å². The third-order valence-corrected chi connectivity index (χ3v) is 5.60. The lowest BCUT2D eigenvalue weighted by atomic mass is 9.94. The van der Waals surface area contributed by atoms with Crippen molar-refractivity contribution in [1.29, 1.82) is 0 Å². The first-order valence-corrected chi connectivity index (χ1v) is 10.7. The zero-order valence-electron chi connectivity index (χ0n) is 18.9. The number of aliphatic imine (C=N–C) groups is 1. The van der Waals surface area contributed by atoms with Gasteiger partial charge in [0, 0.05) is 17.3 Å². The van der Waals surface area contributed by atoms with E-state index < -0.39 is 0 Å². The summed E-state index contributed by atoms with van der Waals surface area (Å²) in [6.07, 6.45) is 1.99. The van der Waals surface area contributed by atoms with Gasteiger partial charge in [-0.1, -0.05) is 82.3 Å². The summed E-state index contributed by atoms with van der Waals surface area (Å²) in [6, 6.07) is 20.8. The minimum absolute atomic E-state index is 0.0822. The fourth-order valence-electron chi connectivity index (χ4n) is 3.64. The molecule has 0 aliphatic heterocycles. The molecule has 3 aromatic rings. The lowest BCUT2D eigenvalue weighted by Crippen LogP contribution is -1.96. The van der Waals surface area contributed by atoms with Crippen LogP contribution in [0.2, 0.25) is 0 Å². The fraction of sp³-hybridized carbons (Fsp3) is 0.286. The van der Waals surface area contributed by atoms with Gasteiger partial charge in [-0.15, -0.1) is 0 Å². The summed E-state index contributed by atoms with van der Waals surface area (Å²) < 4.78 is 0. The summed E-state index contributed by atoms with van der Waals surface area (Å²) in [7, 11) is 0. The highest BCUT2D eigenvalue weighted by atomic mass is 16.1. The van der Waals surface area contributed by atoms with Crippen LogP contribution in [-0.4, -0.2) is 12.0 Å². The second-order valence-corrected chi connectivity index (χ2v) is 8.56. The monoisotopic (exact) mass is 397 g/mol. The lowest BCUT2D eigenvalue weighted by molar-refractivity contribution is 0.101. The highest BCUT2D eigenvalue weighted by Gasteiger charge is 2.11. The van der Waals surface area contributed by atoms with Gasteiger partial charge >= 0.3 is 0 Å². The van der Waals surface area contributed by atoms with Crippen molar-refractivity contribution < 1.29 is 4.79 Å². The standard InChI is InChI=1S/C28H31NO/c1-18(2)24-14-15-25(19(3)4)28(16-24)29-17-27-20(5)8-7-9-26(27)23-12-10-22(11-13-23)21(6)30/h7-19H,1-6H3. The molecule has 0 atom stereocenters. The Labute approximate surface area is 180 Å². The Balaban J connectivity index is 2.07. The van der Waals surface area contributed by atoms with E-state index in [1.165, 1.54) is 16.7 Å². The van der Waals surface area contributed by atoms with E-state index in [4.69, 9.17) is 4.99 Å². The van der Waals surface area contributed by atoms with E-state index in [2.05, 4.69) is 71.0 Å². The highest BCUT2D eigenvalue weighted by molar-refractivity contribution is 5.96. The van der Waals surface area contributed by atoms with E-state index in [0.29, 0.717) is 11.8 Å². The molecule has 0 fully saturated rings. The van der Waals surface area contributed by atoms with Crippen LogP contribution >= 0.6 is 0 Å². The van der Waals surface area contributed by atoms with Crippen LogP contribution in [0.1, 0.15) is 79.1 Å². The molecular weight excluding hydrogens is 366 g/mol. The van der Waals surface area contributed by atoms with Crippen LogP contribution in [0.5, 0.6) is 0 Å². The predicted octanol–water partition coefficient (Wildman–Crippen LogP) is 7.86. The van der Waals surface area contributed by atoms with E-state index in [-0.39, 0.29) is 5.78 Å². The summed E-state index contributed by atoms with van der Waals surface area (Å²) in [5, 5.41) is 0. The summed E-state index contributed by atoms with van der Waals surface area (Å²) in [5.41, 5.74) is 8.83. The second kappa shape index (κ2) is 9.21. The molecule has 154 valence electrons. The SMILES string of the molecule is CC(=O)c1ccc(-c2cccc(C)c2C=Nc2cc(C(C)C)ccc2C(C)C)cc1. The molecular formula is C28H31NO. The number of aryl methyl sites for hydroxylation is 1. The first-order valence-electron chi connectivity index (χ1n) is 10.7. The smallest absolute Gasteiger partial charge is 0.159 e. The molecule has 0 saturated heterocycles. The number of hydrogen-bond acceptors (Lipinski definition) is 2. The molecule has 2 heteroatoms. The predicted molar refractivity (Wildman–Crippen MR) is 128 cm³/mol. The lowest BCUT2D eigenvalue weighted by Gasteiger charge is -2.14. The third kappa shape index (κ3) is 4.76. The van der Waals surface area contributed by atoms with E-state index >= 15 is 0 Å². The summed E-state index contributed by atoms with van der Waals surface area (Å²) in [6.45, 7) is 12.5. The molecule has 0 amide bonds. The number of hydrogen-bond donors (Lipinski definition) is 0.